The van der Waals surface area contributed by atoms with Crippen molar-refractivity contribution in [1.29, 1.82) is 0 Å². The first-order chi connectivity index (χ1) is 13.3. The normalized spacial score (nSPS) is 20.4. The van der Waals surface area contributed by atoms with E-state index in [9.17, 15) is 5.11 Å². The number of phenolic OH excluding ortho intramolecular Hbond substituents is 1. The molecule has 0 saturated carbocycles. The van der Waals surface area contributed by atoms with Crippen molar-refractivity contribution in [2.24, 2.45) is 0 Å². The number of phenols is 1. The minimum absolute atomic E-state index is 0.144. The van der Waals surface area contributed by atoms with E-state index in [2.05, 4.69) is 47.8 Å². The summed E-state index contributed by atoms with van der Waals surface area (Å²) in [5.41, 5.74) is 4.61. The quantitative estimate of drug-likeness (QED) is 0.707. The number of benzene rings is 3. The van der Waals surface area contributed by atoms with Crippen molar-refractivity contribution in [3.05, 3.63) is 83.4 Å². The van der Waals surface area contributed by atoms with E-state index in [0.717, 1.165) is 29.3 Å². The van der Waals surface area contributed by atoms with Crippen molar-refractivity contribution < 1.29 is 14.6 Å². The van der Waals surface area contributed by atoms with Gasteiger partial charge in [0.05, 0.1) is 12.3 Å². The van der Waals surface area contributed by atoms with E-state index in [0.29, 0.717) is 13.2 Å². The molecule has 136 valence electrons. The summed E-state index contributed by atoms with van der Waals surface area (Å²) in [5.74, 6) is 2.23. The fraction of sp³-hybridized carbons (Fsp3) is 0.217. The molecule has 27 heavy (non-hydrogen) atoms. The Morgan fingerprint density at radius 3 is 2.63 bits per heavy atom. The number of ether oxygens (including phenoxy) is 2. The number of rotatable bonds is 2. The zero-order valence-electron chi connectivity index (χ0n) is 14.9. The Kier molecular flexibility index (Phi) is 3.89. The predicted octanol–water partition coefficient (Wildman–Crippen LogP) is 4.50. The predicted molar refractivity (Wildman–Crippen MR) is 105 cm³/mol. The molecule has 2 N–H and O–H groups in total. The van der Waals surface area contributed by atoms with Gasteiger partial charge in [-0.2, -0.15) is 0 Å². The molecule has 2 atom stereocenters. The third kappa shape index (κ3) is 2.87. The van der Waals surface area contributed by atoms with E-state index in [1.807, 2.05) is 12.1 Å². The Balaban J connectivity index is 1.65. The van der Waals surface area contributed by atoms with E-state index >= 15 is 0 Å². The molecule has 3 aromatic carbocycles. The van der Waals surface area contributed by atoms with Gasteiger partial charge in [-0.1, -0.05) is 42.5 Å². The lowest BCUT2D eigenvalue weighted by molar-refractivity contribution is 0.247. The van der Waals surface area contributed by atoms with Crippen LogP contribution in [0.15, 0.2) is 66.7 Å². The van der Waals surface area contributed by atoms with Gasteiger partial charge in [0.15, 0.2) is 0 Å². The van der Waals surface area contributed by atoms with Gasteiger partial charge in [0, 0.05) is 30.0 Å². The number of hydrogen-bond donors (Lipinski definition) is 2. The molecule has 0 aliphatic carbocycles. The lowest BCUT2D eigenvalue weighted by atomic mass is 9.75. The van der Waals surface area contributed by atoms with Crippen molar-refractivity contribution in [2.45, 2.75) is 11.8 Å². The highest BCUT2D eigenvalue weighted by Gasteiger charge is 2.34. The van der Waals surface area contributed by atoms with Gasteiger partial charge in [-0.15, -0.1) is 0 Å². The summed E-state index contributed by atoms with van der Waals surface area (Å²) in [6, 6.07) is 22.3. The molecule has 3 aromatic rings. The van der Waals surface area contributed by atoms with E-state index in [-0.39, 0.29) is 17.6 Å². The molecule has 2 aliphatic rings. The molecule has 0 bridgehead atoms. The van der Waals surface area contributed by atoms with Gasteiger partial charge in [-0.05, 0) is 29.3 Å². The van der Waals surface area contributed by atoms with Gasteiger partial charge in [-0.3, -0.25) is 0 Å². The Morgan fingerprint density at radius 2 is 1.74 bits per heavy atom. The van der Waals surface area contributed by atoms with Crippen LogP contribution < -0.4 is 14.8 Å². The standard InChI is InChI=1S/C23H21NO3/c25-17-7-8-18-22(13-17)27-14-19(15-4-2-1-3-5-15)23(18)16-6-9-21-20(12-16)24-10-11-26-21/h1-9,12-13,19,23-25H,10-11,14H2/t19-,23-/m0/s1. The van der Waals surface area contributed by atoms with Crippen LogP contribution >= 0.6 is 0 Å². The molecular weight excluding hydrogens is 338 g/mol. The van der Waals surface area contributed by atoms with Crippen LogP contribution in [-0.2, 0) is 0 Å². The van der Waals surface area contributed by atoms with Gasteiger partial charge in [-0.25, -0.2) is 0 Å². The largest absolute Gasteiger partial charge is 0.508 e. The van der Waals surface area contributed by atoms with Crippen molar-refractivity contribution in [3.8, 4) is 17.2 Å². The van der Waals surface area contributed by atoms with Crippen LogP contribution in [-0.4, -0.2) is 24.9 Å². The van der Waals surface area contributed by atoms with Gasteiger partial charge < -0.3 is 19.9 Å². The second-order valence-corrected chi connectivity index (χ2v) is 7.06. The summed E-state index contributed by atoms with van der Waals surface area (Å²) in [5, 5.41) is 13.3. The van der Waals surface area contributed by atoms with E-state index in [1.165, 1.54) is 11.1 Å². The highest BCUT2D eigenvalue weighted by atomic mass is 16.5. The van der Waals surface area contributed by atoms with Gasteiger partial charge in [0.1, 0.15) is 23.9 Å². The second kappa shape index (κ2) is 6.54. The smallest absolute Gasteiger partial charge is 0.142 e. The average molecular weight is 359 g/mol. The number of fused-ring (bicyclic) bond motifs is 2. The Bertz CT molecular complexity index is 971. The highest BCUT2D eigenvalue weighted by Crippen LogP contribution is 2.48. The summed E-state index contributed by atoms with van der Waals surface area (Å²) in [7, 11) is 0. The van der Waals surface area contributed by atoms with Crippen molar-refractivity contribution in [2.75, 3.05) is 25.1 Å². The molecule has 0 spiro atoms. The fourth-order valence-electron chi connectivity index (χ4n) is 4.15. The van der Waals surface area contributed by atoms with Crippen molar-refractivity contribution >= 4 is 5.69 Å². The molecule has 2 aliphatic heterocycles. The van der Waals surface area contributed by atoms with Crippen LogP contribution in [0.1, 0.15) is 28.5 Å². The van der Waals surface area contributed by atoms with E-state index < -0.39 is 0 Å². The lowest BCUT2D eigenvalue weighted by Crippen LogP contribution is -2.25. The van der Waals surface area contributed by atoms with Crippen molar-refractivity contribution in [1.82, 2.24) is 0 Å². The molecule has 4 nitrogen and oxygen atoms in total. The molecular formula is C23H21NO3. The van der Waals surface area contributed by atoms with Gasteiger partial charge in [0.25, 0.3) is 0 Å². The van der Waals surface area contributed by atoms with Crippen LogP contribution in [0.4, 0.5) is 5.69 Å². The number of hydrogen-bond acceptors (Lipinski definition) is 4. The van der Waals surface area contributed by atoms with Crippen molar-refractivity contribution in [3.63, 3.8) is 0 Å². The number of aromatic hydroxyl groups is 1. The summed E-state index contributed by atoms with van der Waals surface area (Å²) in [6.45, 7) is 2.08. The first-order valence-corrected chi connectivity index (χ1v) is 9.31. The summed E-state index contributed by atoms with van der Waals surface area (Å²) >= 11 is 0. The molecule has 0 radical (unpaired) electrons. The number of anilines is 1. The third-order valence-corrected chi connectivity index (χ3v) is 5.42. The number of nitrogens with one attached hydrogen (secondary N) is 1. The first kappa shape index (κ1) is 16.1. The molecule has 0 amide bonds. The maximum atomic E-state index is 9.88. The highest BCUT2D eigenvalue weighted by molar-refractivity contribution is 5.62. The Labute approximate surface area is 158 Å². The van der Waals surface area contributed by atoms with Gasteiger partial charge >= 0.3 is 0 Å². The van der Waals surface area contributed by atoms with Gasteiger partial charge in [0.2, 0.25) is 0 Å². The molecule has 2 heterocycles. The first-order valence-electron chi connectivity index (χ1n) is 9.31. The maximum absolute atomic E-state index is 9.88. The lowest BCUT2D eigenvalue weighted by Gasteiger charge is -2.35. The molecule has 0 fully saturated rings. The zero-order valence-corrected chi connectivity index (χ0v) is 14.9. The topological polar surface area (TPSA) is 50.7 Å². The minimum atomic E-state index is 0.144. The molecule has 0 aromatic heterocycles. The third-order valence-electron chi connectivity index (χ3n) is 5.42. The second-order valence-electron chi connectivity index (χ2n) is 7.06. The van der Waals surface area contributed by atoms with Crippen LogP contribution in [0.2, 0.25) is 0 Å². The molecule has 0 saturated heterocycles. The minimum Gasteiger partial charge on any atom is -0.508 e. The molecule has 0 unspecified atom stereocenters. The van der Waals surface area contributed by atoms with Crippen LogP contribution in [0.25, 0.3) is 0 Å². The summed E-state index contributed by atoms with van der Waals surface area (Å²) < 4.78 is 11.8. The zero-order chi connectivity index (χ0) is 18.2. The molecule has 5 rings (SSSR count). The van der Waals surface area contributed by atoms with E-state index in [4.69, 9.17) is 9.47 Å². The summed E-state index contributed by atoms with van der Waals surface area (Å²) in [6.07, 6.45) is 0. The van der Waals surface area contributed by atoms with Crippen LogP contribution in [0, 0.1) is 0 Å². The SMILES string of the molecule is Oc1ccc2c(c1)OC[C@@H](c1ccccc1)[C@H]2c1ccc2c(c1)NCCO2. The summed E-state index contributed by atoms with van der Waals surface area (Å²) in [4.78, 5) is 0. The Morgan fingerprint density at radius 1 is 0.852 bits per heavy atom. The molecule has 4 heteroatoms. The Hall–Kier alpha value is -3.14. The maximum Gasteiger partial charge on any atom is 0.142 e. The van der Waals surface area contributed by atoms with E-state index in [1.54, 1.807) is 12.1 Å². The van der Waals surface area contributed by atoms with Crippen LogP contribution in [0.3, 0.4) is 0 Å². The fourth-order valence-corrected chi connectivity index (χ4v) is 4.15. The van der Waals surface area contributed by atoms with Crippen LogP contribution in [0.5, 0.6) is 17.2 Å². The average Bonchev–Trinajstić information content (AvgIpc) is 2.73. The monoisotopic (exact) mass is 359 g/mol.